The van der Waals surface area contributed by atoms with Crippen LogP contribution in [-0.4, -0.2) is 17.8 Å². The van der Waals surface area contributed by atoms with Crippen LogP contribution in [0, 0.1) is 0 Å². The van der Waals surface area contributed by atoms with Crippen molar-refractivity contribution < 1.29 is 9.79 Å². The average Bonchev–Trinajstić information content (AvgIpc) is 1.87. The lowest BCUT2D eigenvalue weighted by molar-refractivity contribution is -0.306. The summed E-state index contributed by atoms with van der Waals surface area (Å²) in [6.45, 7) is 5.27. The Morgan fingerprint density at radius 3 is 1.70 bits per heavy atom. The Morgan fingerprint density at radius 2 is 1.50 bits per heavy atom. The standard InChI is InChI=1S/C6H14NO2P/c1-3-5-7(6-4-2)10(8)9/h3-6H2,1-2H3/q-2. The summed E-state index contributed by atoms with van der Waals surface area (Å²) in [4.78, 5) is 20.9. The van der Waals surface area contributed by atoms with Gasteiger partial charge in [-0.1, -0.05) is 13.8 Å². The first kappa shape index (κ1) is 10.3. The van der Waals surface area contributed by atoms with Crippen molar-refractivity contribution in [2.75, 3.05) is 13.1 Å². The summed E-state index contributed by atoms with van der Waals surface area (Å²) < 4.78 is 1.48. The van der Waals surface area contributed by atoms with Crippen LogP contribution >= 0.6 is 8.53 Å². The van der Waals surface area contributed by atoms with Gasteiger partial charge in [-0.05, 0) is 25.9 Å². The molecule has 0 aromatic heterocycles. The molecular formula is C6H14NO2P-2. The van der Waals surface area contributed by atoms with Crippen LogP contribution in [0.5, 0.6) is 0 Å². The molecule has 0 aromatic carbocycles. The zero-order valence-corrected chi connectivity index (χ0v) is 7.43. The summed E-state index contributed by atoms with van der Waals surface area (Å²) in [6, 6.07) is 0. The quantitative estimate of drug-likeness (QED) is 0.538. The van der Waals surface area contributed by atoms with Crippen molar-refractivity contribution in [3.63, 3.8) is 0 Å². The molecule has 0 spiro atoms. The van der Waals surface area contributed by atoms with Crippen LogP contribution in [0.2, 0.25) is 0 Å². The highest BCUT2D eigenvalue weighted by Gasteiger charge is 1.95. The predicted octanol–water partition coefficient (Wildman–Crippen LogP) is 0.0559. The Bertz CT molecular complexity index is 74.1. The fourth-order valence-corrected chi connectivity index (χ4v) is 1.52. The van der Waals surface area contributed by atoms with Crippen molar-refractivity contribution in [3.05, 3.63) is 0 Å². The van der Waals surface area contributed by atoms with Crippen LogP contribution < -0.4 is 9.79 Å². The van der Waals surface area contributed by atoms with E-state index in [1.807, 2.05) is 13.8 Å². The molecule has 62 valence electrons. The summed E-state index contributed by atoms with van der Waals surface area (Å²) in [5.74, 6) is 0. The molecule has 3 nitrogen and oxygen atoms in total. The van der Waals surface area contributed by atoms with Gasteiger partial charge in [0.05, 0.1) is 0 Å². The molecular weight excluding hydrogens is 149 g/mol. The second-order valence-electron chi connectivity index (χ2n) is 2.19. The molecule has 0 saturated heterocycles. The highest BCUT2D eigenvalue weighted by atomic mass is 31.2. The van der Waals surface area contributed by atoms with Gasteiger partial charge >= 0.3 is 0 Å². The maximum atomic E-state index is 10.4. The third-order valence-corrected chi connectivity index (χ3v) is 2.06. The van der Waals surface area contributed by atoms with Gasteiger partial charge in [0.25, 0.3) is 0 Å². The van der Waals surface area contributed by atoms with E-state index in [9.17, 15) is 9.79 Å². The van der Waals surface area contributed by atoms with Crippen LogP contribution in [0.15, 0.2) is 0 Å². The first-order chi connectivity index (χ1) is 4.72. The van der Waals surface area contributed by atoms with E-state index in [1.165, 1.54) is 4.67 Å². The van der Waals surface area contributed by atoms with Crippen LogP contribution in [-0.2, 0) is 0 Å². The minimum absolute atomic E-state index is 0.659. The highest BCUT2D eigenvalue weighted by Crippen LogP contribution is 2.19. The molecule has 0 unspecified atom stereocenters. The van der Waals surface area contributed by atoms with Crippen LogP contribution in [0.25, 0.3) is 0 Å². The van der Waals surface area contributed by atoms with Gasteiger partial charge in [-0.2, -0.15) is 0 Å². The molecule has 4 heteroatoms. The van der Waals surface area contributed by atoms with E-state index >= 15 is 0 Å². The van der Waals surface area contributed by atoms with Gasteiger partial charge in [0.2, 0.25) is 0 Å². The lowest BCUT2D eigenvalue weighted by Crippen LogP contribution is -2.30. The summed E-state index contributed by atoms with van der Waals surface area (Å²) in [5.41, 5.74) is 0. The van der Waals surface area contributed by atoms with Gasteiger partial charge in [0.15, 0.2) is 0 Å². The molecule has 10 heavy (non-hydrogen) atoms. The number of hydrogen-bond acceptors (Lipinski definition) is 3. The van der Waals surface area contributed by atoms with Crippen molar-refractivity contribution in [1.82, 2.24) is 4.67 Å². The SMILES string of the molecule is CCCN(CCC)P([O-])[O-]. The first-order valence-corrected chi connectivity index (χ1v) is 4.74. The molecule has 0 bridgehead atoms. The minimum Gasteiger partial charge on any atom is -0.830 e. The van der Waals surface area contributed by atoms with E-state index in [-0.39, 0.29) is 0 Å². The van der Waals surface area contributed by atoms with Gasteiger partial charge in [-0.3, -0.25) is 0 Å². The largest absolute Gasteiger partial charge is 0.830 e. The molecule has 0 radical (unpaired) electrons. The van der Waals surface area contributed by atoms with E-state index in [4.69, 9.17) is 0 Å². The molecule has 0 fully saturated rings. The van der Waals surface area contributed by atoms with E-state index in [1.54, 1.807) is 0 Å². The fourth-order valence-electron chi connectivity index (χ4n) is 0.791. The van der Waals surface area contributed by atoms with E-state index < -0.39 is 8.53 Å². The van der Waals surface area contributed by atoms with Crippen molar-refractivity contribution in [3.8, 4) is 0 Å². The molecule has 0 aromatic rings. The predicted molar refractivity (Wildman–Crippen MR) is 39.1 cm³/mol. The van der Waals surface area contributed by atoms with Crippen LogP contribution in [0.3, 0.4) is 0 Å². The van der Waals surface area contributed by atoms with Gasteiger partial charge in [-0.15, -0.1) is 0 Å². The van der Waals surface area contributed by atoms with E-state index in [0.29, 0.717) is 13.1 Å². The third kappa shape index (κ3) is 4.18. The Kier molecular flexibility index (Phi) is 6.24. The maximum Gasteiger partial charge on any atom is -0.000758 e. The first-order valence-electron chi connectivity index (χ1n) is 3.61. The van der Waals surface area contributed by atoms with Crippen LogP contribution in [0.4, 0.5) is 0 Å². The van der Waals surface area contributed by atoms with Gasteiger partial charge < -0.3 is 14.5 Å². The van der Waals surface area contributed by atoms with E-state index in [2.05, 4.69) is 0 Å². The van der Waals surface area contributed by atoms with Crippen molar-refractivity contribution in [1.29, 1.82) is 0 Å². The van der Waals surface area contributed by atoms with Crippen LogP contribution in [0.1, 0.15) is 26.7 Å². The Hall–Kier alpha value is 0.310. The molecule has 0 aliphatic heterocycles. The smallest absolute Gasteiger partial charge is 0.000758 e. The van der Waals surface area contributed by atoms with Gasteiger partial charge in [-0.25, -0.2) is 8.53 Å². The topological polar surface area (TPSA) is 49.4 Å². The maximum absolute atomic E-state index is 10.4. The number of rotatable bonds is 5. The Labute approximate surface area is 63.6 Å². The normalized spacial score (nSPS) is 11.4. The summed E-state index contributed by atoms with van der Waals surface area (Å²) in [6.07, 6.45) is 1.78. The lowest BCUT2D eigenvalue weighted by atomic mass is 10.4. The molecule has 0 aliphatic carbocycles. The molecule has 0 amide bonds. The summed E-state index contributed by atoms with van der Waals surface area (Å²) >= 11 is 0. The number of nitrogens with zero attached hydrogens (tertiary/aromatic N) is 1. The summed E-state index contributed by atoms with van der Waals surface area (Å²) in [5, 5.41) is 0. The minimum atomic E-state index is -2.34. The molecule has 0 N–H and O–H groups in total. The Balaban J connectivity index is 3.50. The van der Waals surface area contributed by atoms with Crippen molar-refractivity contribution in [2.24, 2.45) is 0 Å². The molecule has 0 aliphatic rings. The summed E-state index contributed by atoms with van der Waals surface area (Å²) in [7, 11) is -2.34. The number of hydrogen-bond donors (Lipinski definition) is 0. The molecule has 0 rings (SSSR count). The van der Waals surface area contributed by atoms with Gasteiger partial charge in [0, 0.05) is 0 Å². The lowest BCUT2D eigenvalue weighted by Gasteiger charge is -2.42. The highest BCUT2D eigenvalue weighted by molar-refractivity contribution is 7.39. The third-order valence-electron chi connectivity index (χ3n) is 1.19. The van der Waals surface area contributed by atoms with Crippen molar-refractivity contribution in [2.45, 2.75) is 26.7 Å². The Morgan fingerprint density at radius 1 is 1.10 bits per heavy atom. The molecule has 0 saturated carbocycles. The zero-order valence-electron chi connectivity index (χ0n) is 6.54. The average molecular weight is 163 g/mol. The molecule has 0 atom stereocenters. The second kappa shape index (κ2) is 6.05. The van der Waals surface area contributed by atoms with Gasteiger partial charge in [0.1, 0.15) is 0 Å². The second-order valence-corrected chi connectivity index (χ2v) is 3.23. The fraction of sp³-hybridized carbons (Fsp3) is 1.00. The van der Waals surface area contributed by atoms with E-state index in [0.717, 1.165) is 12.8 Å². The van der Waals surface area contributed by atoms with Crippen molar-refractivity contribution >= 4 is 8.53 Å². The monoisotopic (exact) mass is 163 g/mol. The molecule has 0 heterocycles. The zero-order chi connectivity index (χ0) is 7.98.